The van der Waals surface area contributed by atoms with Crippen LogP contribution in [0.5, 0.6) is 0 Å². The molecule has 0 aromatic carbocycles. The van der Waals surface area contributed by atoms with Gasteiger partial charge in [-0.15, -0.1) is 0 Å². The van der Waals surface area contributed by atoms with Crippen molar-refractivity contribution in [3.8, 4) is 0 Å². The Morgan fingerprint density at radius 2 is 1.93 bits per heavy atom. The van der Waals surface area contributed by atoms with E-state index in [1.54, 1.807) is 0 Å². The molecule has 0 atom stereocenters. The number of carbonyl (C=O) groups is 1. The highest BCUT2D eigenvalue weighted by Gasteiger charge is 2.13. The summed E-state index contributed by atoms with van der Waals surface area (Å²) in [5.41, 5.74) is 0. The fourth-order valence-electron chi connectivity index (χ4n) is 0.903. The van der Waals surface area contributed by atoms with Gasteiger partial charge in [0, 0.05) is 6.42 Å². The number of phosphoric ester groups is 1. The summed E-state index contributed by atoms with van der Waals surface area (Å²) in [6.07, 6.45) is 3.10. The summed E-state index contributed by atoms with van der Waals surface area (Å²) in [6, 6.07) is 0. The summed E-state index contributed by atoms with van der Waals surface area (Å²) in [5, 5.41) is 0. The van der Waals surface area contributed by atoms with Crippen molar-refractivity contribution < 1.29 is 28.4 Å². The summed E-state index contributed by atoms with van der Waals surface area (Å²) in [6.45, 7) is 1.61. The van der Waals surface area contributed by atoms with Gasteiger partial charge in [-0.2, -0.15) is 0 Å². The Labute approximate surface area is 88.8 Å². The van der Waals surface area contributed by atoms with Crippen LogP contribution in [-0.4, -0.2) is 29.0 Å². The van der Waals surface area contributed by atoms with E-state index < -0.39 is 7.82 Å². The molecule has 0 amide bonds. The maximum atomic E-state index is 11.0. The molecule has 0 radical (unpaired) electrons. The highest BCUT2D eigenvalue weighted by molar-refractivity contribution is 7.46. The number of esters is 1. The van der Waals surface area contributed by atoms with Crippen molar-refractivity contribution in [1.29, 1.82) is 0 Å². The van der Waals surface area contributed by atoms with Crippen molar-refractivity contribution in [3.63, 3.8) is 0 Å². The number of phosphoric acid groups is 1. The Bertz CT molecular complexity index is 223. The predicted octanol–water partition coefficient (Wildman–Crippen LogP) is 1.22. The van der Waals surface area contributed by atoms with E-state index >= 15 is 0 Å². The van der Waals surface area contributed by atoms with Gasteiger partial charge in [-0.1, -0.05) is 19.8 Å². The van der Waals surface area contributed by atoms with Gasteiger partial charge in [0.25, 0.3) is 0 Å². The van der Waals surface area contributed by atoms with E-state index in [0.717, 1.165) is 19.3 Å². The molecule has 0 aromatic heterocycles. The average Bonchev–Trinajstić information content (AvgIpc) is 2.11. The van der Waals surface area contributed by atoms with Crippen molar-refractivity contribution in [2.24, 2.45) is 0 Å². The van der Waals surface area contributed by atoms with Crippen LogP contribution >= 0.6 is 7.82 Å². The van der Waals surface area contributed by atoms with Crippen molar-refractivity contribution in [3.05, 3.63) is 0 Å². The summed E-state index contributed by atoms with van der Waals surface area (Å²) < 4.78 is 19.0. The minimum atomic E-state index is -4.44. The monoisotopic (exact) mass is 240 g/mol. The first-order valence-corrected chi connectivity index (χ1v) is 6.34. The van der Waals surface area contributed by atoms with Crippen molar-refractivity contribution in [2.75, 3.05) is 13.2 Å². The van der Waals surface area contributed by atoms with Gasteiger partial charge < -0.3 is 14.5 Å². The quantitative estimate of drug-likeness (QED) is 0.376. The first-order valence-electron chi connectivity index (χ1n) is 4.81. The van der Waals surface area contributed by atoms with E-state index in [0.29, 0.717) is 6.42 Å². The molecule has 0 bridgehead atoms. The molecule has 0 aromatic rings. The lowest BCUT2D eigenvalue weighted by Crippen LogP contribution is -2.09. The lowest BCUT2D eigenvalue weighted by molar-refractivity contribution is -0.144. The van der Waals surface area contributed by atoms with Gasteiger partial charge in [0.1, 0.15) is 6.61 Å². The highest BCUT2D eigenvalue weighted by atomic mass is 31.2. The van der Waals surface area contributed by atoms with Gasteiger partial charge in [0.2, 0.25) is 0 Å². The van der Waals surface area contributed by atoms with Crippen molar-refractivity contribution in [1.82, 2.24) is 0 Å². The lowest BCUT2D eigenvalue weighted by Gasteiger charge is -2.06. The maximum Gasteiger partial charge on any atom is 0.469 e. The maximum absolute atomic E-state index is 11.0. The third-order valence-electron chi connectivity index (χ3n) is 1.59. The fourth-order valence-corrected chi connectivity index (χ4v) is 1.22. The number of hydrogen-bond acceptors (Lipinski definition) is 4. The normalized spacial score (nSPS) is 11.4. The zero-order valence-electron chi connectivity index (χ0n) is 8.72. The van der Waals surface area contributed by atoms with E-state index in [1.165, 1.54) is 0 Å². The molecule has 0 saturated heterocycles. The molecule has 7 heteroatoms. The zero-order chi connectivity index (χ0) is 11.7. The van der Waals surface area contributed by atoms with Gasteiger partial charge in [-0.25, -0.2) is 4.57 Å². The molecule has 90 valence electrons. The zero-order valence-corrected chi connectivity index (χ0v) is 9.61. The van der Waals surface area contributed by atoms with Gasteiger partial charge >= 0.3 is 13.8 Å². The van der Waals surface area contributed by atoms with E-state index in [9.17, 15) is 9.36 Å². The molecule has 2 N–H and O–H groups in total. The van der Waals surface area contributed by atoms with Gasteiger partial charge in [0.15, 0.2) is 0 Å². The molecular formula is C8H17O6P. The molecule has 0 saturated carbocycles. The Kier molecular flexibility index (Phi) is 7.60. The van der Waals surface area contributed by atoms with E-state index in [1.807, 2.05) is 6.92 Å². The summed E-state index contributed by atoms with van der Waals surface area (Å²) >= 11 is 0. The summed E-state index contributed by atoms with van der Waals surface area (Å²) in [5.74, 6) is -0.363. The van der Waals surface area contributed by atoms with Crippen LogP contribution in [0, 0.1) is 0 Å². The highest BCUT2D eigenvalue weighted by Crippen LogP contribution is 2.35. The second-order valence-corrected chi connectivity index (χ2v) is 4.24. The Balaban J connectivity index is 3.35. The molecule has 0 rings (SSSR count). The average molecular weight is 240 g/mol. The standard InChI is InChI=1S/C8H17O6P/c1-2-3-4-5-8(9)13-6-7-14-15(10,11)12/h2-7H2,1H3,(H2,10,11,12). The second-order valence-electron chi connectivity index (χ2n) is 3.00. The summed E-state index contributed by atoms with van der Waals surface area (Å²) in [4.78, 5) is 27.6. The van der Waals surface area contributed by atoms with Crippen LogP contribution in [0.3, 0.4) is 0 Å². The molecule has 15 heavy (non-hydrogen) atoms. The molecule has 0 aliphatic heterocycles. The van der Waals surface area contributed by atoms with Gasteiger partial charge in [-0.3, -0.25) is 9.32 Å². The van der Waals surface area contributed by atoms with E-state index in [-0.39, 0.29) is 19.2 Å². The number of carbonyl (C=O) groups excluding carboxylic acids is 1. The lowest BCUT2D eigenvalue weighted by atomic mass is 10.2. The Morgan fingerprint density at radius 3 is 2.47 bits per heavy atom. The summed E-state index contributed by atoms with van der Waals surface area (Å²) in [7, 11) is -4.44. The predicted molar refractivity (Wildman–Crippen MR) is 53.1 cm³/mol. The number of ether oxygens (including phenoxy) is 1. The number of rotatable bonds is 8. The van der Waals surface area contributed by atoms with Gasteiger partial charge in [0.05, 0.1) is 6.61 Å². The molecule has 0 heterocycles. The van der Waals surface area contributed by atoms with Crippen LogP contribution < -0.4 is 0 Å². The molecule has 0 spiro atoms. The third kappa shape index (κ3) is 11.5. The molecule has 0 aliphatic carbocycles. The first kappa shape index (κ1) is 14.6. The van der Waals surface area contributed by atoms with E-state index in [2.05, 4.69) is 9.26 Å². The number of unbranched alkanes of at least 4 members (excludes halogenated alkanes) is 2. The largest absolute Gasteiger partial charge is 0.469 e. The second kappa shape index (κ2) is 7.82. The molecule has 0 unspecified atom stereocenters. The minimum Gasteiger partial charge on any atom is -0.463 e. The Morgan fingerprint density at radius 1 is 1.27 bits per heavy atom. The van der Waals surface area contributed by atoms with Gasteiger partial charge in [-0.05, 0) is 6.42 Å². The SMILES string of the molecule is CCCCCC(=O)OCCOP(=O)(O)O. The molecule has 6 nitrogen and oxygen atoms in total. The topological polar surface area (TPSA) is 93.1 Å². The van der Waals surface area contributed by atoms with Crippen LogP contribution in [-0.2, 0) is 18.6 Å². The van der Waals surface area contributed by atoms with Crippen LogP contribution in [0.4, 0.5) is 0 Å². The van der Waals surface area contributed by atoms with Crippen molar-refractivity contribution >= 4 is 13.8 Å². The van der Waals surface area contributed by atoms with Crippen LogP contribution in [0.15, 0.2) is 0 Å². The number of hydrogen-bond donors (Lipinski definition) is 2. The molecule has 0 fully saturated rings. The third-order valence-corrected chi connectivity index (χ3v) is 2.11. The fraction of sp³-hybridized carbons (Fsp3) is 0.875. The Hall–Kier alpha value is -0.420. The van der Waals surface area contributed by atoms with Crippen molar-refractivity contribution in [2.45, 2.75) is 32.6 Å². The van der Waals surface area contributed by atoms with Crippen LogP contribution in [0.2, 0.25) is 0 Å². The minimum absolute atomic E-state index is 0.129. The first-order chi connectivity index (χ1) is 6.95. The van der Waals surface area contributed by atoms with Crippen LogP contribution in [0.25, 0.3) is 0 Å². The smallest absolute Gasteiger partial charge is 0.463 e. The van der Waals surface area contributed by atoms with E-state index in [4.69, 9.17) is 9.79 Å². The molecular weight excluding hydrogens is 223 g/mol. The van der Waals surface area contributed by atoms with Crippen LogP contribution in [0.1, 0.15) is 32.6 Å². The molecule has 0 aliphatic rings.